The highest BCUT2D eigenvalue weighted by molar-refractivity contribution is 7.98. The molecule has 0 aliphatic carbocycles. The quantitative estimate of drug-likeness (QED) is 0.336. The van der Waals surface area contributed by atoms with E-state index in [1.165, 1.54) is 11.8 Å². The predicted molar refractivity (Wildman–Crippen MR) is 140 cm³/mol. The summed E-state index contributed by atoms with van der Waals surface area (Å²) in [4.78, 5) is 7.18. The number of hydrogen-bond acceptors (Lipinski definition) is 7. The molecule has 0 saturated carbocycles. The Balaban J connectivity index is 1.87. The largest absolute Gasteiger partial charge is 0.493 e. The van der Waals surface area contributed by atoms with Crippen molar-refractivity contribution < 1.29 is 14.2 Å². The second-order valence-corrected chi connectivity index (χ2v) is 9.92. The van der Waals surface area contributed by atoms with Crippen LogP contribution in [-0.2, 0) is 18.7 Å². The third-order valence-corrected chi connectivity index (χ3v) is 7.72. The Labute approximate surface area is 219 Å². The average Bonchev–Trinajstić information content (AvgIpc) is 2.87. The van der Waals surface area contributed by atoms with Crippen LogP contribution in [0.3, 0.4) is 0 Å². The number of methoxy groups -OCH3 is 3. The highest BCUT2D eigenvalue weighted by Gasteiger charge is 2.27. The molecule has 0 fully saturated rings. The second kappa shape index (κ2) is 11.0. The van der Waals surface area contributed by atoms with Crippen LogP contribution in [0.15, 0.2) is 35.4 Å². The van der Waals surface area contributed by atoms with Gasteiger partial charge in [-0.2, -0.15) is 5.26 Å². The highest BCUT2D eigenvalue weighted by Crippen LogP contribution is 2.45. The maximum atomic E-state index is 10.3. The zero-order valence-corrected chi connectivity index (χ0v) is 22.3. The van der Waals surface area contributed by atoms with E-state index in [-0.39, 0.29) is 0 Å². The van der Waals surface area contributed by atoms with Gasteiger partial charge in [0.25, 0.3) is 0 Å². The summed E-state index contributed by atoms with van der Waals surface area (Å²) in [6.45, 7) is 1.60. The summed E-state index contributed by atoms with van der Waals surface area (Å²) in [7, 11) is 6.81. The molecular formula is C26H25Cl2N3O3S. The van der Waals surface area contributed by atoms with Crippen LogP contribution in [0.4, 0.5) is 0 Å². The van der Waals surface area contributed by atoms with Gasteiger partial charge in [-0.05, 0) is 48.0 Å². The van der Waals surface area contributed by atoms with Gasteiger partial charge in [0.05, 0.1) is 36.9 Å². The van der Waals surface area contributed by atoms with E-state index < -0.39 is 0 Å². The summed E-state index contributed by atoms with van der Waals surface area (Å²) < 4.78 is 16.7. The Kier molecular flexibility index (Phi) is 7.98. The number of fused-ring (bicyclic) bond motifs is 1. The Morgan fingerprint density at radius 3 is 2.37 bits per heavy atom. The molecule has 2 aromatic carbocycles. The predicted octanol–water partition coefficient (Wildman–Crippen LogP) is 6.23. The third-order valence-electron chi connectivity index (χ3n) is 5.93. The van der Waals surface area contributed by atoms with Crippen molar-refractivity contribution >= 4 is 35.0 Å². The number of hydrogen-bond donors (Lipinski definition) is 0. The minimum absolute atomic E-state index is 0.504. The zero-order valence-electron chi connectivity index (χ0n) is 19.9. The van der Waals surface area contributed by atoms with Crippen LogP contribution in [0.5, 0.6) is 17.2 Å². The van der Waals surface area contributed by atoms with E-state index >= 15 is 0 Å². The van der Waals surface area contributed by atoms with Crippen LogP contribution in [0.1, 0.15) is 22.4 Å². The Bertz CT molecular complexity index is 1280. The van der Waals surface area contributed by atoms with E-state index in [2.05, 4.69) is 18.0 Å². The van der Waals surface area contributed by atoms with Gasteiger partial charge in [0.15, 0.2) is 11.5 Å². The first kappa shape index (κ1) is 25.5. The molecule has 35 heavy (non-hydrogen) atoms. The van der Waals surface area contributed by atoms with Crippen molar-refractivity contribution in [3.63, 3.8) is 0 Å². The smallest absolute Gasteiger partial charge is 0.203 e. The lowest BCUT2D eigenvalue weighted by atomic mass is 9.91. The fraction of sp³-hybridized carbons (Fsp3) is 0.308. The number of ether oxygens (including phenoxy) is 3. The van der Waals surface area contributed by atoms with Crippen molar-refractivity contribution in [3.05, 3.63) is 62.8 Å². The third kappa shape index (κ3) is 5.17. The fourth-order valence-corrected chi connectivity index (χ4v) is 5.47. The van der Waals surface area contributed by atoms with Crippen molar-refractivity contribution in [3.8, 4) is 34.4 Å². The van der Waals surface area contributed by atoms with Gasteiger partial charge in [-0.25, -0.2) is 4.98 Å². The van der Waals surface area contributed by atoms with Gasteiger partial charge in [0, 0.05) is 36.5 Å². The molecule has 6 nitrogen and oxygen atoms in total. The molecule has 0 saturated heterocycles. The molecular weight excluding hydrogens is 505 g/mol. The van der Waals surface area contributed by atoms with Crippen molar-refractivity contribution in [2.45, 2.75) is 23.7 Å². The van der Waals surface area contributed by atoms with E-state index in [1.807, 2.05) is 24.3 Å². The van der Waals surface area contributed by atoms with Crippen LogP contribution in [0.25, 0.3) is 11.1 Å². The van der Waals surface area contributed by atoms with Gasteiger partial charge >= 0.3 is 0 Å². The van der Waals surface area contributed by atoms with Crippen molar-refractivity contribution in [2.75, 3.05) is 34.9 Å². The molecule has 3 aromatic rings. The van der Waals surface area contributed by atoms with E-state index in [9.17, 15) is 5.26 Å². The summed E-state index contributed by atoms with van der Waals surface area (Å²) in [6.07, 6.45) is 0.801. The number of rotatable bonds is 7. The number of likely N-dealkylation sites (N-methyl/N-ethyl adjacent to an activating group) is 1. The Morgan fingerprint density at radius 2 is 1.77 bits per heavy atom. The highest BCUT2D eigenvalue weighted by atomic mass is 35.5. The maximum Gasteiger partial charge on any atom is 0.203 e. The molecule has 0 amide bonds. The minimum Gasteiger partial charge on any atom is -0.493 e. The minimum atomic E-state index is 0.504. The monoisotopic (exact) mass is 529 g/mol. The molecule has 2 heterocycles. The number of aromatic nitrogens is 1. The summed E-state index contributed by atoms with van der Waals surface area (Å²) in [6, 6.07) is 11.8. The maximum absolute atomic E-state index is 10.3. The molecule has 182 valence electrons. The molecule has 0 radical (unpaired) electrons. The molecule has 0 spiro atoms. The SMILES string of the molecule is COc1cc(-c2c(C#N)c(SCc3ccc(Cl)c(Cl)c3)nc3c2CN(C)CC3)cc(OC)c1OC. The topological polar surface area (TPSA) is 67.6 Å². The first-order valence-corrected chi connectivity index (χ1v) is 12.7. The Hall–Kier alpha value is -2.63. The number of nitrogens with zero attached hydrogens (tertiary/aromatic N) is 3. The number of pyridine rings is 1. The molecule has 1 aliphatic rings. The molecule has 1 aromatic heterocycles. The lowest BCUT2D eigenvalue weighted by molar-refractivity contribution is 0.309. The number of halogens is 2. The standard InChI is InChI=1S/C26H25Cl2N3O3S/c1-31-8-7-21-18(13-31)24(16-10-22(32-2)25(34-4)23(11-16)33-3)17(12-29)26(30-21)35-14-15-5-6-19(27)20(28)9-15/h5-6,9-11H,7-8,13-14H2,1-4H3. The zero-order chi connectivity index (χ0) is 25.1. The van der Waals surface area contributed by atoms with Gasteiger partial charge in [-0.1, -0.05) is 29.3 Å². The van der Waals surface area contributed by atoms with E-state index in [0.717, 1.165) is 40.9 Å². The first-order valence-electron chi connectivity index (χ1n) is 10.9. The van der Waals surface area contributed by atoms with E-state index in [1.54, 1.807) is 27.4 Å². The second-order valence-electron chi connectivity index (χ2n) is 8.14. The van der Waals surface area contributed by atoms with Gasteiger partial charge < -0.3 is 19.1 Å². The number of nitriles is 1. The number of benzene rings is 2. The summed E-state index contributed by atoms with van der Waals surface area (Å²) in [5.41, 5.74) is 5.24. The molecule has 9 heteroatoms. The molecule has 1 aliphatic heterocycles. The Morgan fingerprint density at radius 1 is 1.06 bits per heavy atom. The fourth-order valence-electron chi connectivity index (χ4n) is 4.20. The van der Waals surface area contributed by atoms with Crippen LogP contribution in [0, 0.1) is 11.3 Å². The lowest BCUT2D eigenvalue weighted by Gasteiger charge is -2.28. The van der Waals surface area contributed by atoms with Crippen LogP contribution in [0.2, 0.25) is 10.0 Å². The average molecular weight is 530 g/mol. The van der Waals surface area contributed by atoms with Gasteiger partial charge in [-0.15, -0.1) is 11.8 Å². The number of thioether (sulfide) groups is 1. The van der Waals surface area contributed by atoms with Crippen molar-refractivity contribution in [1.82, 2.24) is 9.88 Å². The summed E-state index contributed by atoms with van der Waals surface area (Å²) in [5.74, 6) is 2.17. The van der Waals surface area contributed by atoms with Crippen LogP contribution < -0.4 is 14.2 Å². The van der Waals surface area contributed by atoms with Crippen LogP contribution in [-0.4, -0.2) is 44.8 Å². The van der Waals surface area contributed by atoms with Gasteiger partial charge in [0.1, 0.15) is 11.1 Å². The summed E-state index contributed by atoms with van der Waals surface area (Å²) in [5, 5.41) is 12.0. The molecule has 0 atom stereocenters. The first-order chi connectivity index (χ1) is 16.9. The molecule has 0 N–H and O–H groups in total. The summed E-state index contributed by atoms with van der Waals surface area (Å²) >= 11 is 13.8. The normalized spacial score (nSPS) is 13.2. The van der Waals surface area contributed by atoms with E-state index in [0.29, 0.717) is 50.2 Å². The van der Waals surface area contributed by atoms with Gasteiger partial charge in [0.2, 0.25) is 5.75 Å². The van der Waals surface area contributed by atoms with Crippen molar-refractivity contribution in [2.24, 2.45) is 0 Å². The van der Waals surface area contributed by atoms with Crippen molar-refractivity contribution in [1.29, 1.82) is 5.26 Å². The van der Waals surface area contributed by atoms with Gasteiger partial charge in [-0.3, -0.25) is 0 Å². The van der Waals surface area contributed by atoms with Crippen LogP contribution >= 0.6 is 35.0 Å². The molecule has 4 rings (SSSR count). The molecule has 0 bridgehead atoms. The van der Waals surface area contributed by atoms with E-state index in [4.69, 9.17) is 42.4 Å². The molecule has 0 unspecified atom stereocenters. The lowest BCUT2D eigenvalue weighted by Crippen LogP contribution is -2.28.